The molecule has 11 heteroatoms. The molecule has 10 nitrogen and oxygen atoms in total. The fraction of sp³-hybridized carbons (Fsp3) is 0.217. The van der Waals surface area contributed by atoms with E-state index in [1.165, 1.54) is 6.20 Å². The Hall–Kier alpha value is -4.41. The van der Waals surface area contributed by atoms with Crippen LogP contribution in [0.25, 0.3) is 33.9 Å². The molecular formula is C23H18FN7O3. The maximum atomic E-state index is 13.3. The minimum atomic E-state index is -0.921. The van der Waals surface area contributed by atoms with Gasteiger partial charge in [-0.05, 0) is 43.2 Å². The minimum absolute atomic E-state index is 0.0626. The summed E-state index contributed by atoms with van der Waals surface area (Å²) < 4.78 is 25.8. The lowest BCUT2D eigenvalue weighted by Gasteiger charge is -2.08. The number of fused-ring (bicyclic) bond motifs is 1. The van der Waals surface area contributed by atoms with Gasteiger partial charge in [0, 0.05) is 23.9 Å². The van der Waals surface area contributed by atoms with E-state index in [4.69, 9.17) is 8.94 Å². The van der Waals surface area contributed by atoms with Gasteiger partial charge >= 0.3 is 0 Å². The van der Waals surface area contributed by atoms with Crippen LogP contribution in [0.1, 0.15) is 34.3 Å². The molecule has 2 atom stereocenters. The van der Waals surface area contributed by atoms with Gasteiger partial charge < -0.3 is 14.3 Å². The highest BCUT2D eigenvalue weighted by Gasteiger charge is 2.43. The molecule has 1 amide bonds. The summed E-state index contributed by atoms with van der Waals surface area (Å²) in [5.41, 5.74) is 4.31. The molecule has 1 fully saturated rings. The van der Waals surface area contributed by atoms with Crippen molar-refractivity contribution in [2.24, 2.45) is 7.05 Å². The summed E-state index contributed by atoms with van der Waals surface area (Å²) in [6.45, 7) is 1.86. The summed E-state index contributed by atoms with van der Waals surface area (Å²) >= 11 is 0. The van der Waals surface area contributed by atoms with Crippen LogP contribution in [-0.2, 0) is 7.05 Å². The van der Waals surface area contributed by atoms with Gasteiger partial charge in [-0.2, -0.15) is 4.98 Å². The predicted octanol–water partition coefficient (Wildman–Crippen LogP) is 4.06. The number of carbonyl (C=O) groups excluding carboxylic acids is 1. The molecule has 170 valence electrons. The van der Waals surface area contributed by atoms with Crippen LogP contribution in [-0.4, -0.2) is 42.2 Å². The van der Waals surface area contributed by atoms with E-state index >= 15 is 0 Å². The SMILES string of the molecule is Cc1ccc(-c2noc([C@H]3C[C@@H]3F)n2)cc1NC(=O)c1cnc(-c2ccc3nnn(C)c3c2)o1. The third kappa shape index (κ3) is 3.51. The third-order valence-corrected chi connectivity index (χ3v) is 5.80. The van der Waals surface area contributed by atoms with Gasteiger partial charge in [-0.1, -0.05) is 22.5 Å². The lowest BCUT2D eigenvalue weighted by atomic mass is 10.1. The molecular weight excluding hydrogens is 441 g/mol. The fourth-order valence-electron chi connectivity index (χ4n) is 3.68. The first-order valence-corrected chi connectivity index (χ1v) is 10.6. The van der Waals surface area contributed by atoms with Crippen LogP contribution in [0.2, 0.25) is 0 Å². The van der Waals surface area contributed by atoms with E-state index < -0.39 is 12.1 Å². The van der Waals surface area contributed by atoms with Gasteiger partial charge in [0.15, 0.2) is 0 Å². The summed E-state index contributed by atoms with van der Waals surface area (Å²) in [6.07, 6.45) is 0.864. The number of alkyl halides is 1. The predicted molar refractivity (Wildman–Crippen MR) is 119 cm³/mol. The summed E-state index contributed by atoms with van der Waals surface area (Å²) in [6, 6.07) is 10.9. The van der Waals surface area contributed by atoms with Crippen molar-refractivity contribution in [1.29, 1.82) is 0 Å². The summed E-state index contributed by atoms with van der Waals surface area (Å²) in [5, 5.41) is 14.8. The van der Waals surface area contributed by atoms with E-state index in [9.17, 15) is 9.18 Å². The number of hydrogen-bond acceptors (Lipinski definition) is 8. The highest BCUT2D eigenvalue weighted by atomic mass is 19.1. The number of rotatable bonds is 5. The average molecular weight is 459 g/mol. The summed E-state index contributed by atoms with van der Waals surface area (Å²) in [7, 11) is 1.79. The standard InChI is InChI=1S/C23H18FN7O3/c1-11-3-4-12(20-27-23(34-29-20)14-9-15(14)24)7-17(11)26-21(32)19-10-25-22(33-19)13-5-6-16-18(8-13)31(2)30-28-16/h3-8,10,14-15H,9H2,1-2H3,(H,26,32)/t14-,15-/m0/s1. The van der Waals surface area contributed by atoms with Crippen LogP contribution < -0.4 is 5.32 Å². The first-order chi connectivity index (χ1) is 16.5. The van der Waals surface area contributed by atoms with Gasteiger partial charge in [-0.15, -0.1) is 5.10 Å². The molecule has 3 heterocycles. The number of nitrogens with zero attached hydrogens (tertiary/aromatic N) is 6. The summed E-state index contributed by atoms with van der Waals surface area (Å²) in [5.74, 6) is 0.238. The Morgan fingerprint density at radius 3 is 2.85 bits per heavy atom. The average Bonchev–Trinajstić information content (AvgIpc) is 3.27. The van der Waals surface area contributed by atoms with Crippen molar-refractivity contribution in [2.45, 2.75) is 25.4 Å². The number of hydrogen-bond donors (Lipinski definition) is 1. The molecule has 5 aromatic rings. The molecule has 0 spiro atoms. The Kier molecular flexibility index (Phi) is 4.51. The van der Waals surface area contributed by atoms with Gasteiger partial charge in [0.05, 0.1) is 17.6 Å². The van der Waals surface area contributed by atoms with Gasteiger partial charge in [0.1, 0.15) is 11.7 Å². The normalized spacial score (nSPS) is 17.3. The molecule has 6 rings (SSSR count). The van der Waals surface area contributed by atoms with E-state index in [2.05, 4.69) is 30.8 Å². The second kappa shape index (κ2) is 7.58. The molecule has 3 aromatic heterocycles. The molecule has 1 aliphatic rings. The third-order valence-electron chi connectivity index (χ3n) is 5.80. The van der Waals surface area contributed by atoms with Crippen molar-refractivity contribution in [3.05, 3.63) is 59.8 Å². The van der Waals surface area contributed by atoms with E-state index in [1.807, 2.05) is 37.3 Å². The van der Waals surface area contributed by atoms with Crippen molar-refractivity contribution < 1.29 is 18.1 Å². The zero-order chi connectivity index (χ0) is 23.4. The largest absolute Gasteiger partial charge is 0.431 e. The zero-order valence-corrected chi connectivity index (χ0v) is 18.2. The van der Waals surface area contributed by atoms with Crippen molar-refractivity contribution in [3.8, 4) is 22.8 Å². The van der Waals surface area contributed by atoms with Gasteiger partial charge in [0.2, 0.25) is 23.4 Å². The van der Waals surface area contributed by atoms with Crippen LogP contribution in [0.15, 0.2) is 51.5 Å². The van der Waals surface area contributed by atoms with Crippen LogP contribution in [0.3, 0.4) is 0 Å². The molecule has 0 saturated heterocycles. The van der Waals surface area contributed by atoms with Crippen molar-refractivity contribution in [2.75, 3.05) is 5.32 Å². The molecule has 1 N–H and O–H groups in total. The molecule has 34 heavy (non-hydrogen) atoms. The number of halogens is 1. The van der Waals surface area contributed by atoms with E-state index in [0.717, 1.165) is 16.6 Å². The number of aryl methyl sites for hydroxylation is 2. The first-order valence-electron chi connectivity index (χ1n) is 10.6. The molecule has 0 bridgehead atoms. The Labute approximate surface area is 191 Å². The lowest BCUT2D eigenvalue weighted by Crippen LogP contribution is -2.12. The van der Waals surface area contributed by atoms with E-state index in [-0.39, 0.29) is 11.7 Å². The summed E-state index contributed by atoms with van der Waals surface area (Å²) in [4.78, 5) is 21.4. The number of anilines is 1. The van der Waals surface area contributed by atoms with Crippen LogP contribution >= 0.6 is 0 Å². The lowest BCUT2D eigenvalue weighted by molar-refractivity contribution is 0.0997. The highest BCUT2D eigenvalue weighted by molar-refractivity contribution is 6.03. The van der Waals surface area contributed by atoms with Gasteiger partial charge in [0.25, 0.3) is 5.91 Å². The molecule has 2 aromatic carbocycles. The fourth-order valence-corrected chi connectivity index (χ4v) is 3.68. The van der Waals surface area contributed by atoms with Gasteiger partial charge in [-0.3, -0.25) is 4.79 Å². The maximum absolute atomic E-state index is 13.3. The van der Waals surface area contributed by atoms with E-state index in [0.29, 0.717) is 40.8 Å². The second-order valence-corrected chi connectivity index (χ2v) is 8.24. The zero-order valence-electron chi connectivity index (χ0n) is 18.2. The Morgan fingerprint density at radius 2 is 2.03 bits per heavy atom. The maximum Gasteiger partial charge on any atom is 0.293 e. The number of carbonyl (C=O) groups is 1. The molecule has 0 unspecified atom stereocenters. The number of nitrogens with one attached hydrogen (secondary N) is 1. The molecule has 1 aliphatic carbocycles. The Bertz CT molecular complexity index is 1550. The Morgan fingerprint density at radius 1 is 1.21 bits per heavy atom. The van der Waals surface area contributed by atoms with Crippen molar-refractivity contribution >= 4 is 22.6 Å². The monoisotopic (exact) mass is 459 g/mol. The molecule has 0 aliphatic heterocycles. The van der Waals surface area contributed by atoms with Crippen molar-refractivity contribution in [3.63, 3.8) is 0 Å². The van der Waals surface area contributed by atoms with Gasteiger partial charge in [-0.25, -0.2) is 14.1 Å². The molecule has 1 saturated carbocycles. The molecule has 0 radical (unpaired) electrons. The first kappa shape index (κ1) is 20.2. The number of aromatic nitrogens is 6. The number of amides is 1. The minimum Gasteiger partial charge on any atom is -0.431 e. The van der Waals surface area contributed by atoms with Crippen LogP contribution in [0, 0.1) is 6.92 Å². The topological polar surface area (TPSA) is 125 Å². The number of benzene rings is 2. The smallest absolute Gasteiger partial charge is 0.293 e. The van der Waals surface area contributed by atoms with Crippen molar-refractivity contribution in [1.82, 2.24) is 30.1 Å². The number of oxazole rings is 1. The Balaban J connectivity index is 1.23. The highest BCUT2D eigenvalue weighted by Crippen LogP contribution is 2.43. The van der Waals surface area contributed by atoms with E-state index in [1.54, 1.807) is 17.8 Å². The quantitative estimate of drug-likeness (QED) is 0.417. The van der Waals surface area contributed by atoms with Crippen LogP contribution in [0.5, 0.6) is 0 Å². The van der Waals surface area contributed by atoms with Crippen LogP contribution in [0.4, 0.5) is 10.1 Å². The second-order valence-electron chi connectivity index (χ2n) is 8.24.